The van der Waals surface area contributed by atoms with Gasteiger partial charge in [-0.05, 0) is 74.5 Å². The van der Waals surface area contributed by atoms with E-state index in [9.17, 15) is 0 Å². The average Bonchev–Trinajstić information content (AvgIpc) is 3.08. The van der Waals surface area contributed by atoms with Gasteiger partial charge in [-0.1, -0.05) is 30.7 Å². The Morgan fingerprint density at radius 2 is 1.77 bits per heavy atom. The van der Waals surface area contributed by atoms with Crippen LogP contribution in [0.25, 0.3) is 0 Å². The summed E-state index contributed by atoms with van der Waals surface area (Å²) >= 11 is 0. The molecule has 0 saturated heterocycles. The first-order valence-corrected chi connectivity index (χ1v) is 11.8. The van der Waals surface area contributed by atoms with Crippen LogP contribution in [0.3, 0.4) is 0 Å². The second kappa shape index (κ2) is 8.72. The van der Waals surface area contributed by atoms with E-state index >= 15 is 0 Å². The fraction of sp³-hybridized carbons (Fsp3) is 0.800. The van der Waals surface area contributed by atoms with Crippen LogP contribution >= 0.6 is 0 Å². The van der Waals surface area contributed by atoms with Crippen molar-refractivity contribution in [3.8, 4) is 12.1 Å². The van der Waals surface area contributed by atoms with Crippen LogP contribution in [0.1, 0.15) is 78.1 Å². The molecule has 0 heterocycles. The Morgan fingerprint density at radius 1 is 1.03 bits per heavy atom. The van der Waals surface area contributed by atoms with Crippen molar-refractivity contribution < 1.29 is 9.57 Å². The maximum Gasteiger partial charge on any atom is 0.130 e. The predicted molar refractivity (Wildman–Crippen MR) is 115 cm³/mol. The lowest BCUT2D eigenvalue weighted by Crippen LogP contribution is -2.50. The van der Waals surface area contributed by atoms with Crippen LogP contribution in [0.4, 0.5) is 0 Å². The molecule has 4 rings (SSSR count). The second-order valence-corrected chi connectivity index (χ2v) is 10.2. The third-order valence-corrected chi connectivity index (χ3v) is 8.85. The van der Waals surface area contributed by atoms with Crippen LogP contribution in [-0.4, -0.2) is 25.0 Å². The Bertz CT molecular complexity index is 791. The second-order valence-electron chi connectivity index (χ2n) is 10.2. The van der Waals surface area contributed by atoms with Gasteiger partial charge in [0.1, 0.15) is 6.61 Å². The van der Waals surface area contributed by atoms with Crippen LogP contribution in [0, 0.1) is 51.2 Å². The monoisotopic (exact) mass is 409 g/mol. The van der Waals surface area contributed by atoms with Gasteiger partial charge in [0.15, 0.2) is 0 Å². The van der Waals surface area contributed by atoms with Gasteiger partial charge in [-0.25, -0.2) is 0 Å². The number of hydrogen-bond acceptors (Lipinski definition) is 5. The van der Waals surface area contributed by atoms with Crippen molar-refractivity contribution in [3.63, 3.8) is 0 Å². The first-order chi connectivity index (χ1) is 14.5. The number of ether oxygens (including phenoxy) is 1. The van der Waals surface area contributed by atoms with E-state index in [0.29, 0.717) is 43.5 Å². The van der Waals surface area contributed by atoms with E-state index in [1.54, 1.807) is 5.57 Å². The summed E-state index contributed by atoms with van der Waals surface area (Å²) in [6, 6.07) is 4.30. The molecule has 0 N–H and O–H groups in total. The summed E-state index contributed by atoms with van der Waals surface area (Å²) in [6.45, 7) is 5.89. The van der Waals surface area contributed by atoms with Crippen LogP contribution in [0.2, 0.25) is 0 Å². The molecule has 0 amide bonds. The molecule has 0 bridgehead atoms. The van der Waals surface area contributed by atoms with Crippen molar-refractivity contribution in [2.45, 2.75) is 84.2 Å². The van der Waals surface area contributed by atoms with E-state index in [0.717, 1.165) is 31.1 Å². The Morgan fingerprint density at radius 3 is 2.57 bits per heavy atom. The molecule has 5 nitrogen and oxygen atoms in total. The summed E-state index contributed by atoms with van der Waals surface area (Å²) in [6.07, 6.45) is 13.0. The van der Waals surface area contributed by atoms with Crippen molar-refractivity contribution in [2.24, 2.45) is 33.7 Å². The van der Waals surface area contributed by atoms with Crippen LogP contribution < -0.4 is 0 Å². The van der Waals surface area contributed by atoms with Crippen LogP contribution in [0.5, 0.6) is 0 Å². The van der Waals surface area contributed by atoms with Gasteiger partial charge >= 0.3 is 0 Å². The lowest BCUT2D eigenvalue weighted by Gasteiger charge is -2.57. The van der Waals surface area contributed by atoms with Crippen LogP contribution in [-0.2, 0) is 9.57 Å². The molecule has 30 heavy (non-hydrogen) atoms. The van der Waals surface area contributed by atoms with Crippen molar-refractivity contribution in [1.29, 1.82) is 10.5 Å². The highest BCUT2D eigenvalue weighted by molar-refractivity contribution is 5.92. The minimum atomic E-state index is 0.160. The summed E-state index contributed by atoms with van der Waals surface area (Å²) in [5, 5.41) is 22.0. The molecule has 4 aliphatic carbocycles. The zero-order valence-electron chi connectivity index (χ0n) is 18.5. The molecule has 4 aliphatic rings. The lowest BCUT2D eigenvalue weighted by molar-refractivity contribution is -0.0362. The molecule has 0 spiro atoms. The Kier molecular flexibility index (Phi) is 6.21. The first-order valence-electron chi connectivity index (χ1n) is 11.8. The van der Waals surface area contributed by atoms with Crippen molar-refractivity contribution >= 4 is 5.71 Å². The third kappa shape index (κ3) is 3.67. The van der Waals surface area contributed by atoms with Gasteiger partial charge < -0.3 is 9.57 Å². The molecule has 3 saturated carbocycles. The van der Waals surface area contributed by atoms with E-state index in [1.807, 2.05) is 0 Å². The number of hydrogen-bond donors (Lipinski definition) is 0. The largest absolute Gasteiger partial charge is 0.395 e. The number of nitrogens with zero attached hydrogens (tertiary/aromatic N) is 3. The Labute approximate surface area is 181 Å². The van der Waals surface area contributed by atoms with Gasteiger partial charge in [-0.3, -0.25) is 0 Å². The molecule has 0 aliphatic heterocycles. The van der Waals surface area contributed by atoms with E-state index in [4.69, 9.17) is 20.1 Å². The van der Waals surface area contributed by atoms with E-state index in [1.165, 1.54) is 37.8 Å². The molecule has 0 radical (unpaired) electrons. The van der Waals surface area contributed by atoms with E-state index in [2.05, 4.69) is 37.2 Å². The Hall–Kier alpha value is -1.85. The van der Waals surface area contributed by atoms with E-state index < -0.39 is 0 Å². The number of rotatable bonds is 6. The molecule has 162 valence electrons. The molecular formula is C25H35N3O2. The van der Waals surface area contributed by atoms with Gasteiger partial charge in [0, 0.05) is 5.41 Å². The molecule has 5 heteroatoms. The zero-order chi connectivity index (χ0) is 21.2. The summed E-state index contributed by atoms with van der Waals surface area (Å²) in [4.78, 5) is 5.49. The normalized spacial score (nSPS) is 41.1. The Balaban J connectivity index is 1.47. The van der Waals surface area contributed by atoms with Crippen molar-refractivity contribution in [3.05, 3.63) is 11.6 Å². The van der Waals surface area contributed by atoms with Crippen molar-refractivity contribution in [1.82, 2.24) is 0 Å². The summed E-state index contributed by atoms with van der Waals surface area (Å²) < 4.78 is 5.99. The van der Waals surface area contributed by atoms with Gasteiger partial charge in [0.05, 0.1) is 43.4 Å². The minimum absolute atomic E-state index is 0.160. The number of fused-ring (bicyclic) bond motifs is 5. The lowest BCUT2D eigenvalue weighted by atomic mass is 9.48. The SMILES string of the molecule is C[C@]12CC[C@H](OCCC#N)CC1=CC[C@@H]1C2CC[C@]2(C)C(=NOCCC#N)CCC12. The highest BCUT2D eigenvalue weighted by Crippen LogP contribution is 2.64. The number of oxime groups is 1. The summed E-state index contributed by atoms with van der Waals surface area (Å²) in [7, 11) is 0. The molecule has 6 atom stereocenters. The quantitative estimate of drug-likeness (QED) is 0.328. The molecule has 0 aromatic heterocycles. The van der Waals surface area contributed by atoms with Crippen LogP contribution in [0.15, 0.2) is 16.8 Å². The number of allylic oxidation sites excluding steroid dienone is 1. The standard InChI is InChI=1S/C25H35N3O2/c1-24-11-9-19(29-15-3-13-26)17-18(24)5-6-20-21-7-8-23(28-30-16-4-14-27)25(21,2)12-10-22(20)24/h5,19-22H,3-4,6-12,15-17H2,1-2H3/t19-,20-,21?,22?,24-,25-/m0/s1. The van der Waals surface area contributed by atoms with Gasteiger partial charge in [-0.15, -0.1) is 0 Å². The molecule has 0 aromatic rings. The molecule has 0 aromatic carbocycles. The predicted octanol–water partition coefficient (Wildman–Crippen LogP) is 5.53. The number of nitriles is 2. The summed E-state index contributed by atoms with van der Waals surface area (Å²) in [5.74, 6) is 2.18. The molecule has 2 unspecified atom stereocenters. The van der Waals surface area contributed by atoms with Gasteiger partial charge in [0.2, 0.25) is 0 Å². The molecule has 3 fully saturated rings. The van der Waals surface area contributed by atoms with E-state index in [-0.39, 0.29) is 5.41 Å². The third-order valence-electron chi connectivity index (χ3n) is 8.85. The smallest absolute Gasteiger partial charge is 0.130 e. The summed E-state index contributed by atoms with van der Waals surface area (Å²) in [5.41, 5.74) is 3.32. The maximum atomic E-state index is 8.77. The van der Waals surface area contributed by atoms with Gasteiger partial charge in [0.25, 0.3) is 0 Å². The van der Waals surface area contributed by atoms with Gasteiger partial charge in [-0.2, -0.15) is 10.5 Å². The van der Waals surface area contributed by atoms with Crippen molar-refractivity contribution in [2.75, 3.05) is 13.2 Å². The highest BCUT2D eigenvalue weighted by Gasteiger charge is 2.58. The maximum absolute atomic E-state index is 8.77. The minimum Gasteiger partial charge on any atom is -0.395 e. The fourth-order valence-corrected chi connectivity index (χ4v) is 7.19. The topological polar surface area (TPSA) is 78.4 Å². The zero-order valence-corrected chi connectivity index (χ0v) is 18.5. The fourth-order valence-electron chi connectivity index (χ4n) is 7.19. The molecular weight excluding hydrogens is 374 g/mol. The highest BCUT2D eigenvalue weighted by atomic mass is 16.6. The first kappa shape index (κ1) is 21.4. The average molecular weight is 410 g/mol.